The smallest absolute Gasteiger partial charge is 0.397 e. The van der Waals surface area contributed by atoms with Crippen LogP contribution in [0.4, 0.5) is 23.2 Å². The number of anilines is 1. The van der Waals surface area contributed by atoms with Crippen LogP contribution in [0, 0.1) is 5.82 Å². The van der Waals surface area contributed by atoms with E-state index in [9.17, 15) is 22.4 Å². The monoisotopic (exact) mass is 435 g/mol. The molecular formula is C15H7BrClF4N3O. The van der Waals surface area contributed by atoms with Crippen LogP contribution in [0.3, 0.4) is 0 Å². The molecule has 1 aromatic carbocycles. The summed E-state index contributed by atoms with van der Waals surface area (Å²) in [7, 11) is 0. The maximum Gasteiger partial charge on any atom is 0.433 e. The summed E-state index contributed by atoms with van der Waals surface area (Å²) < 4.78 is 53.8. The lowest BCUT2D eigenvalue weighted by molar-refractivity contribution is -0.141. The van der Waals surface area contributed by atoms with Crippen LogP contribution >= 0.6 is 27.5 Å². The van der Waals surface area contributed by atoms with E-state index in [0.29, 0.717) is 0 Å². The first-order valence-electron chi connectivity index (χ1n) is 6.64. The van der Waals surface area contributed by atoms with E-state index in [2.05, 4.69) is 20.9 Å². The molecule has 3 aromatic rings. The van der Waals surface area contributed by atoms with Crippen LogP contribution in [0.15, 0.2) is 39.6 Å². The Morgan fingerprint density at radius 3 is 2.48 bits per heavy atom. The highest BCUT2D eigenvalue weighted by atomic mass is 79.9. The molecule has 130 valence electrons. The number of rotatable bonds is 1. The molecule has 2 aromatic heterocycles. The highest BCUT2D eigenvalue weighted by Gasteiger charge is 2.33. The number of fused-ring (bicyclic) bond motifs is 1. The molecule has 0 aliphatic carbocycles. The summed E-state index contributed by atoms with van der Waals surface area (Å²) in [5.41, 5.74) is 2.90. The van der Waals surface area contributed by atoms with E-state index < -0.39 is 28.9 Å². The zero-order chi connectivity index (χ0) is 18.5. The molecule has 0 aliphatic heterocycles. The van der Waals surface area contributed by atoms with Crippen molar-refractivity contribution in [1.29, 1.82) is 0 Å². The number of hydrogen-bond donors (Lipinski definition) is 1. The summed E-state index contributed by atoms with van der Waals surface area (Å²) in [4.78, 5) is 16.0. The van der Waals surface area contributed by atoms with Crippen LogP contribution < -0.4 is 11.3 Å². The third-order valence-electron chi connectivity index (χ3n) is 3.45. The molecule has 0 radical (unpaired) electrons. The van der Waals surface area contributed by atoms with E-state index in [1.165, 1.54) is 12.1 Å². The van der Waals surface area contributed by atoms with Crippen LogP contribution in [0.1, 0.15) is 5.69 Å². The van der Waals surface area contributed by atoms with Crippen molar-refractivity contribution in [2.75, 3.05) is 5.73 Å². The largest absolute Gasteiger partial charge is 0.433 e. The normalized spacial score (nSPS) is 11.9. The van der Waals surface area contributed by atoms with Crippen molar-refractivity contribution in [3.8, 4) is 5.69 Å². The minimum Gasteiger partial charge on any atom is -0.397 e. The molecule has 2 heterocycles. The third kappa shape index (κ3) is 2.98. The van der Waals surface area contributed by atoms with Gasteiger partial charge in [0.25, 0.3) is 5.56 Å². The molecule has 0 spiro atoms. The fourth-order valence-electron chi connectivity index (χ4n) is 2.30. The number of nitrogen functional groups attached to an aromatic ring is 1. The molecule has 0 unspecified atom stereocenters. The van der Waals surface area contributed by atoms with Crippen molar-refractivity contribution < 1.29 is 17.6 Å². The van der Waals surface area contributed by atoms with Gasteiger partial charge in [-0.1, -0.05) is 11.6 Å². The molecule has 0 bridgehead atoms. The van der Waals surface area contributed by atoms with Crippen molar-refractivity contribution in [2.45, 2.75) is 6.18 Å². The van der Waals surface area contributed by atoms with E-state index in [1.807, 2.05) is 0 Å². The average Bonchev–Trinajstić information content (AvgIpc) is 2.53. The van der Waals surface area contributed by atoms with Crippen LogP contribution in [0.25, 0.3) is 16.7 Å². The van der Waals surface area contributed by atoms with Gasteiger partial charge in [0, 0.05) is 10.4 Å². The lowest BCUT2D eigenvalue weighted by atomic mass is 10.2. The molecule has 3 rings (SSSR count). The van der Waals surface area contributed by atoms with Gasteiger partial charge in [0.15, 0.2) is 0 Å². The Kier molecular flexibility index (Phi) is 4.24. The Bertz CT molecular complexity index is 1070. The molecule has 0 atom stereocenters. The molecule has 0 aliphatic rings. The van der Waals surface area contributed by atoms with Gasteiger partial charge in [-0.3, -0.25) is 9.36 Å². The van der Waals surface area contributed by atoms with Gasteiger partial charge in [-0.25, -0.2) is 9.37 Å². The van der Waals surface area contributed by atoms with Gasteiger partial charge in [0.1, 0.15) is 21.6 Å². The topological polar surface area (TPSA) is 60.9 Å². The molecule has 0 saturated heterocycles. The first-order chi connectivity index (χ1) is 11.6. The van der Waals surface area contributed by atoms with Crippen LogP contribution in [0.5, 0.6) is 0 Å². The molecular weight excluding hydrogens is 430 g/mol. The second-order valence-corrected chi connectivity index (χ2v) is 6.26. The van der Waals surface area contributed by atoms with Gasteiger partial charge in [0.2, 0.25) is 0 Å². The summed E-state index contributed by atoms with van der Waals surface area (Å²) in [5.74, 6) is -0.896. The Hall–Kier alpha value is -2.13. The van der Waals surface area contributed by atoms with Gasteiger partial charge < -0.3 is 5.73 Å². The van der Waals surface area contributed by atoms with Crippen molar-refractivity contribution in [1.82, 2.24) is 9.55 Å². The first-order valence-corrected chi connectivity index (χ1v) is 7.81. The lowest BCUT2D eigenvalue weighted by Gasteiger charge is -2.15. The van der Waals surface area contributed by atoms with E-state index in [0.717, 1.165) is 22.8 Å². The Morgan fingerprint density at radius 2 is 1.88 bits per heavy atom. The number of nitrogens with two attached hydrogens (primary N) is 1. The molecule has 0 amide bonds. The minimum atomic E-state index is -4.74. The molecule has 0 fully saturated rings. The van der Waals surface area contributed by atoms with Crippen molar-refractivity contribution in [3.63, 3.8) is 0 Å². The highest BCUT2D eigenvalue weighted by Crippen LogP contribution is 2.32. The van der Waals surface area contributed by atoms with Crippen LogP contribution in [0.2, 0.25) is 5.02 Å². The standard InChI is InChI=1S/C15H7BrClF4N3O/c16-11-12(22)7-2-4-10(15(19,20)21)23-13(7)24(14(11)25)9-3-1-6(17)5-8(9)18/h1-5H,22H2. The Balaban J connectivity index is 2.50. The number of pyridine rings is 2. The maximum atomic E-state index is 14.3. The summed E-state index contributed by atoms with van der Waals surface area (Å²) in [6.07, 6.45) is -4.74. The molecule has 0 saturated carbocycles. The van der Waals surface area contributed by atoms with Crippen LogP contribution in [-0.2, 0) is 6.18 Å². The van der Waals surface area contributed by atoms with Gasteiger partial charge in [0.05, 0.1) is 11.4 Å². The maximum absolute atomic E-state index is 14.3. The zero-order valence-electron chi connectivity index (χ0n) is 12.0. The van der Waals surface area contributed by atoms with Crippen molar-refractivity contribution in [2.24, 2.45) is 0 Å². The van der Waals surface area contributed by atoms with Crippen LogP contribution in [-0.4, -0.2) is 9.55 Å². The zero-order valence-corrected chi connectivity index (χ0v) is 14.4. The van der Waals surface area contributed by atoms with Gasteiger partial charge in [-0.15, -0.1) is 0 Å². The number of aromatic nitrogens is 2. The van der Waals surface area contributed by atoms with E-state index in [-0.39, 0.29) is 26.3 Å². The predicted octanol–water partition coefficient (Wildman–Crippen LogP) is 4.54. The Morgan fingerprint density at radius 1 is 1.20 bits per heavy atom. The predicted molar refractivity (Wildman–Crippen MR) is 89.4 cm³/mol. The first kappa shape index (κ1) is 17.7. The van der Waals surface area contributed by atoms with E-state index in [1.54, 1.807) is 0 Å². The Labute approximate surface area is 151 Å². The second kappa shape index (κ2) is 5.99. The fourth-order valence-corrected chi connectivity index (χ4v) is 2.85. The number of hydrogen-bond acceptors (Lipinski definition) is 3. The third-order valence-corrected chi connectivity index (χ3v) is 4.45. The number of alkyl halides is 3. The SMILES string of the molecule is Nc1c(Br)c(=O)n(-c2ccc(Cl)cc2F)c2nc(C(F)(F)F)ccc12. The summed E-state index contributed by atoms with van der Waals surface area (Å²) in [6, 6.07) is 5.22. The summed E-state index contributed by atoms with van der Waals surface area (Å²) in [5, 5.41) is 0.130. The van der Waals surface area contributed by atoms with E-state index in [4.69, 9.17) is 17.3 Å². The second-order valence-electron chi connectivity index (χ2n) is 5.03. The fraction of sp³-hybridized carbons (Fsp3) is 0.0667. The average molecular weight is 437 g/mol. The van der Waals surface area contributed by atoms with Crippen molar-refractivity contribution in [3.05, 3.63) is 61.7 Å². The number of halogens is 6. The number of nitrogens with zero attached hydrogens (tertiary/aromatic N) is 2. The van der Waals surface area contributed by atoms with Gasteiger partial charge in [-0.2, -0.15) is 13.2 Å². The van der Waals surface area contributed by atoms with Gasteiger partial charge in [-0.05, 0) is 46.3 Å². The lowest BCUT2D eigenvalue weighted by Crippen LogP contribution is -2.23. The molecule has 2 N–H and O–H groups in total. The summed E-state index contributed by atoms with van der Waals surface area (Å²) in [6.45, 7) is 0. The molecule has 4 nitrogen and oxygen atoms in total. The van der Waals surface area contributed by atoms with Gasteiger partial charge >= 0.3 is 6.18 Å². The summed E-state index contributed by atoms with van der Waals surface area (Å²) >= 11 is 8.67. The van der Waals surface area contributed by atoms with E-state index >= 15 is 0 Å². The van der Waals surface area contributed by atoms with Crippen molar-refractivity contribution >= 4 is 44.3 Å². The quantitative estimate of drug-likeness (QED) is 0.570. The molecule has 10 heteroatoms. The number of benzene rings is 1. The highest BCUT2D eigenvalue weighted by molar-refractivity contribution is 9.10. The minimum absolute atomic E-state index is 0.0637. The molecule has 25 heavy (non-hydrogen) atoms.